The van der Waals surface area contributed by atoms with E-state index >= 15 is 0 Å². The number of nitrogens with one attached hydrogen (secondary N) is 2. The van der Waals surface area contributed by atoms with E-state index in [1.165, 1.54) is 30.5 Å². The number of rotatable bonds is 5. The molecule has 0 spiro atoms. The summed E-state index contributed by atoms with van der Waals surface area (Å²) >= 11 is 11.7. The second-order valence-electron chi connectivity index (χ2n) is 4.11. The van der Waals surface area contributed by atoms with Crippen LogP contribution in [0.25, 0.3) is 0 Å². The first-order valence-corrected chi connectivity index (χ1v) is 8.34. The zero-order valence-corrected chi connectivity index (χ0v) is 13.4. The normalized spacial score (nSPS) is 11.2. The molecule has 0 bridgehead atoms. The molecule has 0 saturated heterocycles. The van der Waals surface area contributed by atoms with Gasteiger partial charge in [-0.15, -0.1) is 0 Å². The molecule has 8 heteroatoms. The summed E-state index contributed by atoms with van der Waals surface area (Å²) in [5.41, 5.74) is 0.329. The summed E-state index contributed by atoms with van der Waals surface area (Å²) in [6, 6.07) is 7.55. The molecule has 1 heterocycles. The molecule has 1 aromatic carbocycles. The van der Waals surface area contributed by atoms with Crippen LogP contribution >= 0.6 is 23.2 Å². The van der Waals surface area contributed by atoms with Gasteiger partial charge in [-0.25, -0.2) is 13.4 Å². The van der Waals surface area contributed by atoms with Gasteiger partial charge in [-0.2, -0.15) is 0 Å². The first kappa shape index (κ1) is 15.9. The van der Waals surface area contributed by atoms with Crippen molar-refractivity contribution in [2.45, 2.75) is 11.8 Å². The van der Waals surface area contributed by atoms with Gasteiger partial charge in [0.15, 0.2) is 0 Å². The molecule has 0 amide bonds. The molecule has 2 aromatic rings. The summed E-state index contributed by atoms with van der Waals surface area (Å²) in [7, 11) is -3.77. The maximum Gasteiger partial charge on any atom is 0.265 e. The van der Waals surface area contributed by atoms with Crippen LogP contribution in [0.4, 0.5) is 11.5 Å². The fraction of sp³-hybridized carbons (Fsp3) is 0.154. The van der Waals surface area contributed by atoms with Crippen LogP contribution in [0.5, 0.6) is 0 Å². The molecule has 112 valence electrons. The van der Waals surface area contributed by atoms with E-state index in [2.05, 4.69) is 15.0 Å². The molecular weight excluding hydrogens is 333 g/mol. The summed E-state index contributed by atoms with van der Waals surface area (Å²) < 4.78 is 27.3. The monoisotopic (exact) mass is 345 g/mol. The van der Waals surface area contributed by atoms with Crippen LogP contribution < -0.4 is 10.0 Å². The highest BCUT2D eigenvalue weighted by atomic mass is 35.5. The highest BCUT2D eigenvalue weighted by Gasteiger charge is 2.19. The molecule has 2 rings (SSSR count). The number of nitrogens with zero attached hydrogens (tertiary/aromatic N) is 1. The fourth-order valence-corrected chi connectivity index (χ4v) is 3.16. The molecular formula is C13H13Cl2N3O2S. The van der Waals surface area contributed by atoms with Gasteiger partial charge in [0.2, 0.25) is 0 Å². The van der Waals surface area contributed by atoms with Gasteiger partial charge in [0, 0.05) is 12.7 Å². The number of aromatic nitrogens is 1. The number of halogens is 2. The Hall–Kier alpha value is -1.50. The molecule has 0 aliphatic carbocycles. The standard InChI is InChI=1S/C13H13Cl2N3O2S/c1-2-16-13-12(4-3-7-17-13)21(19,20)18-9-5-6-10(14)11(15)8-9/h3-8,18H,2H2,1H3,(H,16,17). The zero-order chi connectivity index (χ0) is 15.5. The lowest BCUT2D eigenvalue weighted by molar-refractivity contribution is 0.601. The highest BCUT2D eigenvalue weighted by molar-refractivity contribution is 7.92. The maximum absolute atomic E-state index is 12.4. The quantitative estimate of drug-likeness (QED) is 0.867. The van der Waals surface area contributed by atoms with Crippen molar-refractivity contribution in [1.82, 2.24) is 4.98 Å². The van der Waals surface area contributed by atoms with E-state index in [4.69, 9.17) is 23.2 Å². The number of pyridine rings is 1. The van der Waals surface area contributed by atoms with Gasteiger partial charge in [-0.05, 0) is 37.3 Å². The van der Waals surface area contributed by atoms with Crippen LogP contribution in [0.1, 0.15) is 6.92 Å². The van der Waals surface area contributed by atoms with Gasteiger partial charge >= 0.3 is 0 Å². The summed E-state index contributed by atoms with van der Waals surface area (Å²) in [4.78, 5) is 4.10. The van der Waals surface area contributed by atoms with Crippen LogP contribution in [-0.2, 0) is 10.0 Å². The van der Waals surface area contributed by atoms with Gasteiger partial charge in [0.1, 0.15) is 10.7 Å². The third-order valence-corrected chi connectivity index (χ3v) is 4.73. The SMILES string of the molecule is CCNc1ncccc1S(=O)(=O)Nc1ccc(Cl)c(Cl)c1. The number of anilines is 2. The average molecular weight is 346 g/mol. The lowest BCUT2D eigenvalue weighted by Gasteiger charge is -2.12. The Balaban J connectivity index is 2.36. The molecule has 5 nitrogen and oxygen atoms in total. The van der Waals surface area contributed by atoms with Crippen molar-refractivity contribution in [2.75, 3.05) is 16.6 Å². The van der Waals surface area contributed by atoms with Crippen LogP contribution in [0.3, 0.4) is 0 Å². The Labute approximate surface area is 133 Å². The Morgan fingerprint density at radius 2 is 1.95 bits per heavy atom. The predicted molar refractivity (Wildman–Crippen MR) is 85.7 cm³/mol. The van der Waals surface area contributed by atoms with E-state index in [0.29, 0.717) is 23.1 Å². The summed E-state index contributed by atoms with van der Waals surface area (Å²) in [6.07, 6.45) is 1.52. The minimum Gasteiger partial charge on any atom is -0.369 e. The topological polar surface area (TPSA) is 71.1 Å². The Bertz CT molecular complexity index is 751. The Morgan fingerprint density at radius 3 is 2.62 bits per heavy atom. The van der Waals surface area contributed by atoms with Crippen LogP contribution in [0.2, 0.25) is 10.0 Å². The number of hydrogen-bond acceptors (Lipinski definition) is 4. The van der Waals surface area contributed by atoms with E-state index in [0.717, 1.165) is 0 Å². The largest absolute Gasteiger partial charge is 0.369 e. The number of hydrogen-bond donors (Lipinski definition) is 2. The minimum atomic E-state index is -3.77. The van der Waals surface area contributed by atoms with E-state index in [1.807, 2.05) is 6.92 Å². The molecule has 21 heavy (non-hydrogen) atoms. The first-order chi connectivity index (χ1) is 9.94. The Morgan fingerprint density at radius 1 is 1.19 bits per heavy atom. The van der Waals surface area contributed by atoms with Crippen LogP contribution in [0, 0.1) is 0 Å². The third kappa shape index (κ3) is 3.78. The van der Waals surface area contributed by atoms with Gasteiger partial charge < -0.3 is 5.32 Å². The van der Waals surface area contributed by atoms with Gasteiger partial charge in [-0.1, -0.05) is 23.2 Å². The average Bonchev–Trinajstić information content (AvgIpc) is 2.43. The molecule has 0 radical (unpaired) electrons. The summed E-state index contributed by atoms with van der Waals surface area (Å²) in [5.74, 6) is 0.299. The molecule has 0 aliphatic heterocycles. The predicted octanol–water partition coefficient (Wildman–Crippen LogP) is 3.62. The maximum atomic E-state index is 12.4. The smallest absolute Gasteiger partial charge is 0.265 e. The van der Waals surface area contributed by atoms with Crippen molar-refractivity contribution in [3.8, 4) is 0 Å². The third-order valence-electron chi connectivity index (χ3n) is 2.58. The van der Waals surface area contributed by atoms with Gasteiger partial charge in [0.05, 0.1) is 15.7 Å². The fourth-order valence-electron chi connectivity index (χ4n) is 1.68. The van der Waals surface area contributed by atoms with Crippen molar-refractivity contribution < 1.29 is 8.42 Å². The lowest BCUT2D eigenvalue weighted by atomic mass is 10.3. The summed E-state index contributed by atoms with van der Waals surface area (Å²) in [5, 5.41) is 3.54. The van der Waals surface area contributed by atoms with Crippen molar-refractivity contribution in [1.29, 1.82) is 0 Å². The number of sulfonamides is 1. The Kier molecular flexibility index (Phi) is 4.92. The van der Waals surface area contributed by atoms with Crippen molar-refractivity contribution in [3.05, 3.63) is 46.6 Å². The van der Waals surface area contributed by atoms with Gasteiger partial charge in [-0.3, -0.25) is 4.72 Å². The van der Waals surface area contributed by atoms with Crippen LogP contribution in [-0.4, -0.2) is 19.9 Å². The highest BCUT2D eigenvalue weighted by Crippen LogP contribution is 2.27. The molecule has 0 unspecified atom stereocenters. The van der Waals surface area contributed by atoms with Crippen molar-refractivity contribution in [3.63, 3.8) is 0 Å². The minimum absolute atomic E-state index is 0.0675. The molecule has 0 fully saturated rings. The van der Waals surface area contributed by atoms with Crippen molar-refractivity contribution in [2.24, 2.45) is 0 Å². The second-order valence-corrected chi connectivity index (χ2v) is 6.58. The van der Waals surface area contributed by atoms with E-state index < -0.39 is 10.0 Å². The molecule has 2 N–H and O–H groups in total. The van der Waals surface area contributed by atoms with E-state index in [1.54, 1.807) is 6.07 Å². The van der Waals surface area contributed by atoms with E-state index in [9.17, 15) is 8.42 Å². The number of benzene rings is 1. The van der Waals surface area contributed by atoms with Crippen LogP contribution in [0.15, 0.2) is 41.4 Å². The van der Waals surface area contributed by atoms with E-state index in [-0.39, 0.29) is 9.92 Å². The lowest BCUT2D eigenvalue weighted by Crippen LogP contribution is -2.16. The molecule has 0 atom stereocenters. The summed E-state index contributed by atoms with van der Waals surface area (Å²) in [6.45, 7) is 2.42. The zero-order valence-electron chi connectivity index (χ0n) is 11.1. The van der Waals surface area contributed by atoms with Gasteiger partial charge in [0.25, 0.3) is 10.0 Å². The molecule has 1 aromatic heterocycles. The molecule has 0 saturated carbocycles. The first-order valence-electron chi connectivity index (χ1n) is 6.11. The van der Waals surface area contributed by atoms with Crippen molar-refractivity contribution >= 4 is 44.7 Å². The second kappa shape index (κ2) is 6.51. The molecule has 0 aliphatic rings.